The molecule has 0 unspecified atom stereocenters. The van der Waals surface area contributed by atoms with Gasteiger partial charge in [-0.05, 0) is 97.2 Å². The Morgan fingerprint density at radius 3 is 1.30 bits per heavy atom. The topological polar surface area (TPSA) is 56.8 Å². The normalized spacial score (nSPS) is 15.7. The predicted octanol–water partition coefficient (Wildman–Crippen LogP) is 12.7. The van der Waals surface area contributed by atoms with Gasteiger partial charge in [0, 0.05) is 43.9 Å². The Morgan fingerprint density at radius 2 is 0.821 bits per heavy atom. The van der Waals surface area contributed by atoms with Gasteiger partial charge in [0.1, 0.15) is 5.75 Å². The van der Waals surface area contributed by atoms with Gasteiger partial charge in [-0.1, -0.05) is 137 Å². The lowest BCUT2D eigenvalue weighted by Gasteiger charge is -2.42. The highest BCUT2D eigenvalue weighted by atomic mass is 16.5. The van der Waals surface area contributed by atoms with E-state index in [0.717, 1.165) is 66.2 Å². The molecule has 0 bridgehead atoms. The molecular weight excluding hydrogens is 681 g/mol. The van der Waals surface area contributed by atoms with Gasteiger partial charge in [0.05, 0.1) is 23.3 Å². The summed E-state index contributed by atoms with van der Waals surface area (Å²) in [7, 11) is 0. The van der Waals surface area contributed by atoms with E-state index in [1.807, 2.05) is 12.1 Å². The van der Waals surface area contributed by atoms with Crippen LogP contribution >= 0.6 is 0 Å². The van der Waals surface area contributed by atoms with Gasteiger partial charge < -0.3 is 4.74 Å². The summed E-state index contributed by atoms with van der Waals surface area (Å²) in [5, 5.41) is 24.8. The van der Waals surface area contributed by atoms with Crippen molar-refractivity contribution in [2.45, 2.75) is 44.1 Å². The number of nitrogens with zero attached hydrogens (tertiary/aromatic N) is 2. The largest absolute Gasteiger partial charge is 0.472 e. The van der Waals surface area contributed by atoms with E-state index in [1.165, 1.54) is 33.4 Å². The molecule has 0 atom stereocenters. The van der Waals surface area contributed by atoms with Crippen molar-refractivity contribution in [1.82, 2.24) is 0 Å². The van der Waals surface area contributed by atoms with Gasteiger partial charge in [-0.15, -0.1) is 0 Å². The first kappa shape index (κ1) is 32.5. The van der Waals surface area contributed by atoms with Crippen molar-refractivity contribution in [2.24, 2.45) is 0 Å². The zero-order valence-electron chi connectivity index (χ0n) is 31.7. The number of ether oxygens (including phenoxy) is 1. The molecule has 0 aromatic heterocycles. The zero-order chi connectivity index (χ0) is 38.1. The lowest BCUT2D eigenvalue weighted by Crippen LogP contribution is -2.39. The molecule has 0 amide bonds. The molecule has 3 nitrogen and oxygen atoms in total. The van der Waals surface area contributed by atoms with Crippen LogP contribution in [0.2, 0.25) is 0 Å². The van der Waals surface area contributed by atoms with Crippen LogP contribution in [0.4, 0.5) is 0 Å². The first-order valence-electron chi connectivity index (χ1n) is 19.3. The van der Waals surface area contributed by atoms with Crippen LogP contribution < -0.4 is 4.74 Å². The van der Waals surface area contributed by atoms with Crippen LogP contribution in [-0.4, -0.2) is 0 Å². The summed E-state index contributed by atoms with van der Waals surface area (Å²) in [6.45, 7) is 9.15. The molecule has 2 aliphatic carbocycles. The van der Waals surface area contributed by atoms with Crippen molar-refractivity contribution in [3.63, 3.8) is 0 Å². The van der Waals surface area contributed by atoms with Crippen molar-refractivity contribution in [3.8, 4) is 51.3 Å². The summed E-state index contributed by atoms with van der Waals surface area (Å²) < 4.78 is 7.71. The molecule has 11 rings (SSSR count). The Balaban J connectivity index is 1.28. The van der Waals surface area contributed by atoms with E-state index >= 15 is 0 Å². The second-order valence-corrected chi connectivity index (χ2v) is 16.6. The fourth-order valence-corrected chi connectivity index (χ4v) is 10.4. The average molecular weight is 717 g/mol. The SMILES string of the molecule is CC1(C)c2cc3c(cc2-c2c1cc(C#N)c1ccccc21)OC(c1ccccc1)(c1ccccc1)c1cc2c(cc1-3)C(C)(C)c1cc(C#N)c3ccccc3c1-2. The molecule has 3 aliphatic rings. The fourth-order valence-electron chi connectivity index (χ4n) is 10.4. The Labute approximate surface area is 326 Å². The first-order valence-corrected chi connectivity index (χ1v) is 19.3. The van der Waals surface area contributed by atoms with E-state index in [9.17, 15) is 10.5 Å². The van der Waals surface area contributed by atoms with Crippen LogP contribution in [-0.2, 0) is 16.4 Å². The van der Waals surface area contributed by atoms with E-state index < -0.39 is 5.60 Å². The Morgan fingerprint density at radius 1 is 0.411 bits per heavy atom. The standard InChI is InChI=1S/C53H36N2O/c1-51(2)43-25-39-40-26-44-42(50-38-22-14-12-20-36(38)32(30-55)24-47(50)52(44,3)4)28-48(40)56-53(33-15-7-5-8-16-33,34-17-9-6-10-18-34)45(39)27-41(43)49-37-21-13-11-19-35(37)31(29-54)23-46(49)51/h5-28H,1-4H3. The van der Waals surface area contributed by atoms with E-state index in [2.05, 4.69) is 173 Å². The maximum Gasteiger partial charge on any atom is 0.185 e. The van der Waals surface area contributed by atoms with Crippen molar-refractivity contribution in [1.29, 1.82) is 10.5 Å². The zero-order valence-corrected chi connectivity index (χ0v) is 31.7. The fraction of sp³-hybridized carbons (Fsp3) is 0.132. The summed E-state index contributed by atoms with van der Waals surface area (Å²) in [4.78, 5) is 0. The number of rotatable bonds is 2. The van der Waals surface area contributed by atoms with E-state index in [-0.39, 0.29) is 10.8 Å². The minimum absolute atomic E-state index is 0.359. The predicted molar refractivity (Wildman–Crippen MR) is 225 cm³/mol. The number of hydrogen-bond donors (Lipinski definition) is 0. The number of benzene rings is 8. The quantitative estimate of drug-likeness (QED) is 0.179. The molecule has 56 heavy (non-hydrogen) atoms. The third kappa shape index (κ3) is 4.00. The van der Waals surface area contributed by atoms with Crippen molar-refractivity contribution in [2.75, 3.05) is 0 Å². The summed E-state index contributed by atoms with van der Waals surface area (Å²) in [5.41, 5.74) is 14.5. The molecule has 0 fully saturated rings. The van der Waals surface area contributed by atoms with Gasteiger partial charge in [0.2, 0.25) is 0 Å². The number of hydrogen-bond acceptors (Lipinski definition) is 3. The number of fused-ring (bicyclic) bond motifs is 13. The highest BCUT2D eigenvalue weighted by molar-refractivity contribution is 6.07. The van der Waals surface area contributed by atoms with Crippen LogP contribution in [0.15, 0.2) is 146 Å². The molecule has 0 N–H and O–H groups in total. The molecule has 0 saturated carbocycles. The van der Waals surface area contributed by atoms with E-state index in [0.29, 0.717) is 11.1 Å². The first-order chi connectivity index (χ1) is 27.2. The third-order valence-corrected chi connectivity index (χ3v) is 13.1. The Hall–Kier alpha value is -6.94. The van der Waals surface area contributed by atoms with Crippen molar-refractivity contribution in [3.05, 3.63) is 196 Å². The molecule has 0 spiro atoms. The van der Waals surface area contributed by atoms with Gasteiger partial charge in [-0.3, -0.25) is 0 Å². The van der Waals surface area contributed by atoms with E-state index in [4.69, 9.17) is 4.74 Å². The molecule has 1 aliphatic heterocycles. The lowest BCUT2D eigenvalue weighted by molar-refractivity contribution is 0.152. The summed E-state index contributed by atoms with van der Waals surface area (Å²) in [6, 6.07) is 56.6. The maximum absolute atomic E-state index is 10.3. The minimum Gasteiger partial charge on any atom is -0.472 e. The number of nitriles is 2. The van der Waals surface area contributed by atoms with Crippen LogP contribution in [0.5, 0.6) is 5.75 Å². The van der Waals surface area contributed by atoms with Crippen molar-refractivity contribution >= 4 is 21.5 Å². The third-order valence-electron chi connectivity index (χ3n) is 13.1. The molecule has 3 heteroatoms. The molecule has 8 aromatic rings. The second kappa shape index (κ2) is 11.1. The van der Waals surface area contributed by atoms with Gasteiger partial charge in [-0.2, -0.15) is 10.5 Å². The van der Waals surface area contributed by atoms with Crippen molar-refractivity contribution < 1.29 is 4.74 Å². The van der Waals surface area contributed by atoms with Crippen LogP contribution in [0, 0.1) is 22.7 Å². The maximum atomic E-state index is 10.3. The highest BCUT2D eigenvalue weighted by Crippen LogP contribution is 2.61. The highest BCUT2D eigenvalue weighted by Gasteiger charge is 2.49. The molecular formula is C53H36N2O. The molecule has 8 aromatic carbocycles. The summed E-state index contributed by atoms with van der Waals surface area (Å²) in [5.74, 6) is 0.825. The lowest BCUT2D eigenvalue weighted by atomic mass is 9.72. The monoisotopic (exact) mass is 716 g/mol. The van der Waals surface area contributed by atoms with Gasteiger partial charge in [0.15, 0.2) is 5.60 Å². The molecule has 0 radical (unpaired) electrons. The molecule has 1 heterocycles. The minimum atomic E-state index is -0.979. The van der Waals surface area contributed by atoms with E-state index in [1.54, 1.807) is 0 Å². The smallest absolute Gasteiger partial charge is 0.185 e. The second-order valence-electron chi connectivity index (χ2n) is 16.6. The summed E-state index contributed by atoms with van der Waals surface area (Å²) >= 11 is 0. The Bertz CT molecular complexity index is 3080. The Kier molecular flexibility index (Phi) is 6.42. The van der Waals surface area contributed by atoms with Gasteiger partial charge in [-0.25, -0.2) is 0 Å². The average Bonchev–Trinajstić information content (AvgIpc) is 3.60. The van der Waals surface area contributed by atoms with Gasteiger partial charge >= 0.3 is 0 Å². The molecule has 264 valence electrons. The van der Waals surface area contributed by atoms with Gasteiger partial charge in [0.25, 0.3) is 0 Å². The van der Waals surface area contributed by atoms with Crippen LogP contribution in [0.25, 0.3) is 54.9 Å². The van der Waals surface area contributed by atoms with Crippen LogP contribution in [0.3, 0.4) is 0 Å². The summed E-state index contributed by atoms with van der Waals surface area (Å²) in [6.07, 6.45) is 0. The van der Waals surface area contributed by atoms with Crippen LogP contribution in [0.1, 0.15) is 77.8 Å². The molecule has 0 saturated heterocycles.